The molecule has 4 heterocycles. The lowest BCUT2D eigenvalue weighted by atomic mass is 9.91. The zero-order valence-corrected chi connectivity index (χ0v) is 23.2. The van der Waals surface area contributed by atoms with Crippen molar-refractivity contribution in [2.75, 3.05) is 26.2 Å². The molecule has 1 saturated heterocycles. The molecule has 2 fully saturated rings. The number of likely N-dealkylation sites (tertiary alicyclic amines) is 1. The number of fused-ring (bicyclic) bond motifs is 3. The SMILES string of the molecule is C[C@@H]1C[C@H](C)CN(CCCN2C(=O)c3cc4sccc4n3C[C@@]2(C)C(=O)NC2CCCCCCC2)C1. The first-order chi connectivity index (χ1) is 17.3. The van der Waals surface area contributed by atoms with Crippen molar-refractivity contribution in [2.24, 2.45) is 11.8 Å². The van der Waals surface area contributed by atoms with E-state index in [4.69, 9.17) is 0 Å². The first-order valence-corrected chi connectivity index (χ1v) is 15.1. The number of nitrogens with zero attached hydrogens (tertiary/aromatic N) is 3. The Kier molecular flexibility index (Phi) is 7.78. The summed E-state index contributed by atoms with van der Waals surface area (Å²) in [6.45, 7) is 11.1. The van der Waals surface area contributed by atoms with Gasteiger partial charge in [0.15, 0.2) is 0 Å². The van der Waals surface area contributed by atoms with Gasteiger partial charge in [-0.1, -0.05) is 46.0 Å². The molecular weight excluding hydrogens is 468 g/mol. The van der Waals surface area contributed by atoms with Gasteiger partial charge in [-0.3, -0.25) is 9.59 Å². The van der Waals surface area contributed by atoms with Crippen LogP contribution in [0.5, 0.6) is 0 Å². The zero-order chi connectivity index (χ0) is 25.3. The molecule has 198 valence electrons. The van der Waals surface area contributed by atoms with Crippen LogP contribution in [0.4, 0.5) is 0 Å². The molecule has 0 spiro atoms. The quantitative estimate of drug-likeness (QED) is 0.555. The molecule has 3 atom stereocenters. The van der Waals surface area contributed by atoms with Crippen molar-refractivity contribution < 1.29 is 9.59 Å². The van der Waals surface area contributed by atoms with Crippen molar-refractivity contribution in [1.29, 1.82) is 0 Å². The number of hydrogen-bond donors (Lipinski definition) is 1. The van der Waals surface area contributed by atoms with Gasteiger partial charge in [0.25, 0.3) is 5.91 Å². The van der Waals surface area contributed by atoms with Crippen molar-refractivity contribution in [3.63, 3.8) is 0 Å². The molecule has 2 aromatic rings. The molecule has 1 saturated carbocycles. The Morgan fingerprint density at radius 1 is 1.08 bits per heavy atom. The van der Waals surface area contributed by atoms with E-state index in [0.717, 1.165) is 66.6 Å². The highest BCUT2D eigenvalue weighted by atomic mass is 32.1. The average molecular weight is 513 g/mol. The zero-order valence-electron chi connectivity index (χ0n) is 22.4. The predicted molar refractivity (Wildman–Crippen MR) is 148 cm³/mol. The second-order valence-corrected chi connectivity index (χ2v) is 13.0. The highest BCUT2D eigenvalue weighted by molar-refractivity contribution is 7.17. The van der Waals surface area contributed by atoms with Crippen LogP contribution in [0.3, 0.4) is 0 Å². The molecule has 3 aliphatic rings. The van der Waals surface area contributed by atoms with E-state index >= 15 is 0 Å². The minimum atomic E-state index is -0.886. The normalized spacial score (nSPS) is 28.6. The Balaban J connectivity index is 1.35. The second-order valence-electron chi connectivity index (χ2n) is 12.1. The van der Waals surface area contributed by atoms with Gasteiger partial charge in [0.05, 0.1) is 16.8 Å². The van der Waals surface area contributed by atoms with Gasteiger partial charge >= 0.3 is 0 Å². The summed E-state index contributed by atoms with van der Waals surface area (Å²) >= 11 is 1.66. The summed E-state index contributed by atoms with van der Waals surface area (Å²) in [5, 5.41) is 5.48. The summed E-state index contributed by atoms with van der Waals surface area (Å²) in [5.74, 6) is 1.47. The molecule has 1 N–H and O–H groups in total. The summed E-state index contributed by atoms with van der Waals surface area (Å²) in [4.78, 5) is 32.3. The first kappa shape index (κ1) is 25.8. The number of carbonyl (C=O) groups is 2. The monoisotopic (exact) mass is 512 g/mol. The van der Waals surface area contributed by atoms with Gasteiger partial charge in [-0.25, -0.2) is 0 Å². The van der Waals surface area contributed by atoms with E-state index in [1.54, 1.807) is 11.3 Å². The number of piperidine rings is 1. The van der Waals surface area contributed by atoms with Crippen LogP contribution in [0.2, 0.25) is 0 Å². The second kappa shape index (κ2) is 10.9. The third-order valence-corrected chi connectivity index (χ3v) is 9.63. The summed E-state index contributed by atoms with van der Waals surface area (Å²) in [6.07, 6.45) is 10.5. The van der Waals surface area contributed by atoms with Crippen LogP contribution >= 0.6 is 11.3 Å². The fourth-order valence-corrected chi connectivity index (χ4v) is 7.81. The number of aromatic nitrogens is 1. The highest BCUT2D eigenvalue weighted by Crippen LogP contribution is 2.35. The molecule has 36 heavy (non-hydrogen) atoms. The predicted octanol–water partition coefficient (Wildman–Crippen LogP) is 5.51. The third-order valence-electron chi connectivity index (χ3n) is 8.78. The van der Waals surface area contributed by atoms with Crippen LogP contribution in [0.1, 0.15) is 89.0 Å². The molecule has 0 unspecified atom stereocenters. The van der Waals surface area contributed by atoms with E-state index in [2.05, 4.69) is 40.1 Å². The topological polar surface area (TPSA) is 57.6 Å². The average Bonchev–Trinajstić information content (AvgIpc) is 3.39. The summed E-state index contributed by atoms with van der Waals surface area (Å²) in [7, 11) is 0. The molecule has 0 radical (unpaired) electrons. The number of carbonyl (C=O) groups excluding carboxylic acids is 2. The fraction of sp³-hybridized carbons (Fsp3) is 0.724. The van der Waals surface area contributed by atoms with Crippen LogP contribution in [0, 0.1) is 11.8 Å². The Labute approximate surface area is 220 Å². The molecule has 2 aromatic heterocycles. The maximum atomic E-state index is 14.0. The molecule has 1 aliphatic carbocycles. The molecule has 2 amide bonds. The lowest BCUT2D eigenvalue weighted by Crippen LogP contribution is -2.65. The third kappa shape index (κ3) is 5.24. The van der Waals surface area contributed by atoms with Crippen LogP contribution in [0.15, 0.2) is 17.5 Å². The Hall–Kier alpha value is -1.86. The van der Waals surface area contributed by atoms with E-state index < -0.39 is 5.54 Å². The van der Waals surface area contributed by atoms with Crippen molar-refractivity contribution in [3.8, 4) is 0 Å². The minimum absolute atomic E-state index is 0.000321. The Morgan fingerprint density at radius 3 is 2.50 bits per heavy atom. The number of amides is 2. The van der Waals surface area contributed by atoms with Gasteiger partial charge in [0, 0.05) is 25.7 Å². The van der Waals surface area contributed by atoms with E-state index in [9.17, 15) is 9.59 Å². The van der Waals surface area contributed by atoms with Crippen LogP contribution in [-0.2, 0) is 11.3 Å². The van der Waals surface area contributed by atoms with E-state index in [1.807, 2.05) is 17.9 Å². The van der Waals surface area contributed by atoms with Crippen LogP contribution < -0.4 is 5.32 Å². The Bertz CT molecular complexity index is 1060. The van der Waals surface area contributed by atoms with E-state index in [1.165, 1.54) is 38.5 Å². The molecule has 0 bridgehead atoms. The van der Waals surface area contributed by atoms with Crippen molar-refractivity contribution >= 4 is 33.4 Å². The first-order valence-electron chi connectivity index (χ1n) is 14.3. The van der Waals surface area contributed by atoms with Gasteiger partial charge in [-0.2, -0.15) is 0 Å². The summed E-state index contributed by atoms with van der Waals surface area (Å²) in [6, 6.07) is 4.32. The molecule has 6 nitrogen and oxygen atoms in total. The molecule has 2 aliphatic heterocycles. The Morgan fingerprint density at radius 2 is 1.78 bits per heavy atom. The molecule has 7 heteroatoms. The number of thiophene rings is 1. The molecule has 0 aromatic carbocycles. The van der Waals surface area contributed by atoms with Gasteiger partial charge in [-0.15, -0.1) is 11.3 Å². The standard InChI is InChI=1S/C29H44N4O2S/c1-21-16-22(2)19-31(18-21)13-9-14-33-27(34)25-17-26-24(12-15-36-26)32(25)20-29(33,3)28(35)30-23-10-7-5-4-6-8-11-23/h12,15,17,21-23H,4-11,13-14,16,18-20H2,1-3H3,(H,30,35)/t21-,22+,29-/m0/s1. The van der Waals surface area contributed by atoms with Gasteiger partial charge in [0.1, 0.15) is 11.2 Å². The fourth-order valence-electron chi connectivity index (χ4n) is 6.99. The number of rotatable bonds is 6. The van der Waals surface area contributed by atoms with Crippen molar-refractivity contribution in [1.82, 2.24) is 19.7 Å². The maximum absolute atomic E-state index is 14.0. The number of nitrogens with one attached hydrogen (secondary N) is 1. The van der Waals surface area contributed by atoms with Gasteiger partial charge in [-0.05, 0) is 68.5 Å². The van der Waals surface area contributed by atoms with E-state index in [0.29, 0.717) is 13.1 Å². The minimum Gasteiger partial charge on any atom is -0.351 e. The number of hydrogen-bond acceptors (Lipinski definition) is 4. The van der Waals surface area contributed by atoms with E-state index in [-0.39, 0.29) is 17.9 Å². The molecular formula is C29H44N4O2S. The lowest BCUT2D eigenvalue weighted by Gasteiger charge is -2.45. The smallest absolute Gasteiger partial charge is 0.271 e. The summed E-state index contributed by atoms with van der Waals surface area (Å²) in [5.41, 5.74) is 0.917. The lowest BCUT2D eigenvalue weighted by molar-refractivity contribution is -0.133. The molecule has 5 rings (SSSR count). The highest BCUT2D eigenvalue weighted by Gasteiger charge is 2.48. The van der Waals surface area contributed by atoms with Crippen LogP contribution in [-0.4, -0.2) is 63.9 Å². The van der Waals surface area contributed by atoms with Gasteiger partial charge < -0.3 is 19.7 Å². The van der Waals surface area contributed by atoms with Crippen LogP contribution in [0.25, 0.3) is 10.2 Å². The van der Waals surface area contributed by atoms with Crippen molar-refractivity contribution in [3.05, 3.63) is 23.2 Å². The largest absolute Gasteiger partial charge is 0.351 e. The van der Waals surface area contributed by atoms with Gasteiger partial charge in [0.2, 0.25) is 5.91 Å². The van der Waals surface area contributed by atoms with Crippen molar-refractivity contribution in [2.45, 2.75) is 96.7 Å². The summed E-state index contributed by atoms with van der Waals surface area (Å²) < 4.78 is 3.22. The maximum Gasteiger partial charge on any atom is 0.271 e.